The second-order valence-electron chi connectivity index (χ2n) is 0.447. The molecule has 0 unspecified atom stereocenters. The van der Waals surface area contributed by atoms with E-state index in [1.54, 1.807) is 0 Å². The van der Waals surface area contributed by atoms with E-state index in [0.717, 1.165) is 0 Å². The predicted molar refractivity (Wildman–Crippen MR) is 13.4 cm³/mol. The molecule has 0 atom stereocenters. The second kappa shape index (κ2) is 7.84. The van der Waals surface area contributed by atoms with Crippen molar-refractivity contribution >= 4 is 56.7 Å². The molecule has 0 heterocycles. The smallest absolute Gasteiger partial charge is 0.822 e. The molecule has 0 aromatic rings. The minimum absolute atomic E-state index is 0. The monoisotopic (exact) mass is 366 g/mol. The summed E-state index contributed by atoms with van der Waals surface area (Å²) in [6, 6.07) is 0. The minimum atomic E-state index is -5.39. The van der Waals surface area contributed by atoms with Gasteiger partial charge in [0.2, 0.25) is 0 Å². The fourth-order valence-electron chi connectivity index (χ4n) is 0. The van der Waals surface area contributed by atoms with Crippen LogP contribution in [0.15, 0.2) is 0 Å². The first-order valence-corrected chi connectivity index (χ1v) is 2.19. The molecule has 0 saturated heterocycles. The van der Waals surface area contributed by atoms with Gasteiger partial charge in [0, 0.05) is 0 Å². The summed E-state index contributed by atoms with van der Waals surface area (Å²) in [4.78, 5) is 25.6. The molecule has 0 aliphatic heterocycles. The third kappa shape index (κ3) is 41.8. The van der Waals surface area contributed by atoms with Gasteiger partial charge in [-0.3, -0.25) is 0 Å². The van der Waals surface area contributed by atoms with E-state index in [0.29, 0.717) is 0 Å². The van der Waals surface area contributed by atoms with Crippen LogP contribution in [0.4, 0.5) is 0 Å². The normalized spacial score (nSPS) is 8.43. The largest absolute Gasteiger partial charge is 2.00 e. The molecule has 7 heteroatoms. The molecule has 0 bridgehead atoms. The van der Waals surface area contributed by atoms with E-state index in [4.69, 9.17) is 19.2 Å². The minimum Gasteiger partial charge on any atom is -0.822 e. The summed E-state index contributed by atoms with van der Waals surface area (Å²) in [6.45, 7) is 0. The average molecular weight is 365 g/mol. The number of rotatable bonds is 0. The maximum absolute atomic E-state index is 8.55. The Bertz CT molecular complexity index is 57.8. The van der Waals surface area contributed by atoms with Crippen molar-refractivity contribution in [3.05, 3.63) is 0 Å². The maximum Gasteiger partial charge on any atom is 2.00 e. The Hall–Kier alpha value is 3.73. The molecule has 0 aliphatic carbocycles. The van der Waals surface area contributed by atoms with Gasteiger partial charge in [-0.15, -0.1) is 0 Å². The zero-order valence-electron chi connectivity index (χ0n) is 3.79. The van der Waals surface area contributed by atoms with Gasteiger partial charge in [0.05, 0.1) is 0 Å². The summed E-state index contributed by atoms with van der Waals surface area (Å²) >= 11 is 0. The summed E-state index contributed by atoms with van der Waals surface area (Å²) in [7, 11) is -5.39. The van der Waals surface area contributed by atoms with Crippen LogP contribution in [0.5, 0.6) is 0 Å². The van der Waals surface area contributed by atoms with Crippen LogP contribution in [-0.4, -0.2) is 48.9 Å². The van der Waals surface area contributed by atoms with E-state index < -0.39 is 7.82 Å². The van der Waals surface area contributed by atoms with Crippen molar-refractivity contribution in [3.8, 4) is 0 Å². The molecular formula is BaCsO4P. The van der Waals surface area contributed by atoms with Crippen LogP contribution in [0.1, 0.15) is 0 Å². The van der Waals surface area contributed by atoms with E-state index in [1.165, 1.54) is 0 Å². The van der Waals surface area contributed by atoms with Crippen LogP contribution in [0.3, 0.4) is 0 Å². The van der Waals surface area contributed by atoms with E-state index in [1.807, 2.05) is 0 Å². The van der Waals surface area contributed by atoms with E-state index in [2.05, 4.69) is 0 Å². The van der Waals surface area contributed by atoms with E-state index in [-0.39, 0.29) is 118 Å². The molecule has 0 aliphatic rings. The molecule has 7 heavy (non-hydrogen) atoms. The molecule has 0 N–H and O–H groups in total. The van der Waals surface area contributed by atoms with Crippen molar-refractivity contribution in [2.24, 2.45) is 0 Å². The Morgan fingerprint density at radius 2 is 1.14 bits per heavy atom. The zero-order valence-corrected chi connectivity index (χ0v) is 15.4. The van der Waals surface area contributed by atoms with Crippen molar-refractivity contribution in [1.82, 2.24) is 0 Å². The zero-order chi connectivity index (χ0) is 4.50. The van der Waals surface area contributed by atoms with Crippen LogP contribution in [0, 0.1) is 0 Å². The SMILES string of the molecule is O=P([O-])([O-])[O-].[Ba+2].[Cs+]. The van der Waals surface area contributed by atoms with Gasteiger partial charge in [0.1, 0.15) is 0 Å². The van der Waals surface area contributed by atoms with Crippen molar-refractivity contribution in [2.45, 2.75) is 0 Å². The van der Waals surface area contributed by atoms with Crippen LogP contribution < -0.4 is 83.6 Å². The first-order chi connectivity index (χ1) is 2.00. The summed E-state index contributed by atoms with van der Waals surface area (Å²) in [5, 5.41) is 0. The summed E-state index contributed by atoms with van der Waals surface area (Å²) in [5.41, 5.74) is 0. The Morgan fingerprint density at radius 3 is 1.14 bits per heavy atom. The average Bonchev–Trinajstić information content (AvgIpc) is 0.722. The number of phosphoric acid groups is 1. The van der Waals surface area contributed by atoms with E-state index in [9.17, 15) is 0 Å². The molecular weight excluding hydrogens is 365 g/mol. The van der Waals surface area contributed by atoms with Gasteiger partial charge in [-0.2, -0.15) is 7.82 Å². The molecule has 0 spiro atoms. The Kier molecular flexibility index (Phi) is 19.0. The summed E-state index contributed by atoms with van der Waals surface area (Å²) in [5.74, 6) is 0. The second-order valence-corrected chi connectivity index (χ2v) is 1.34. The molecule has 32 valence electrons. The van der Waals surface area contributed by atoms with Gasteiger partial charge >= 0.3 is 118 Å². The molecule has 4 nitrogen and oxygen atoms in total. The number of hydrogen-bond acceptors (Lipinski definition) is 4. The van der Waals surface area contributed by atoms with Gasteiger partial charge in [0.15, 0.2) is 0 Å². The molecule has 0 aromatic heterocycles. The standard InChI is InChI=1S/Ba.Cs.H3O4P/c;;1-5(2,3)4/h;;(H3,1,2,3,4)/q+2;+1;/p-3. The van der Waals surface area contributed by atoms with Crippen LogP contribution in [0.2, 0.25) is 0 Å². The fraction of sp³-hybridized carbons (Fsp3) is 0. The van der Waals surface area contributed by atoms with Gasteiger partial charge in [-0.25, -0.2) is 0 Å². The molecule has 0 amide bonds. The van der Waals surface area contributed by atoms with Crippen molar-refractivity contribution < 1.29 is 88.1 Å². The maximum atomic E-state index is 8.55. The Labute approximate surface area is 140 Å². The van der Waals surface area contributed by atoms with Crippen LogP contribution in [-0.2, 0) is 4.57 Å². The summed E-state index contributed by atoms with van der Waals surface area (Å²) in [6.07, 6.45) is 0. The third-order valence-corrected chi connectivity index (χ3v) is 0. The van der Waals surface area contributed by atoms with Gasteiger partial charge < -0.3 is 19.2 Å². The molecule has 0 radical (unpaired) electrons. The third-order valence-electron chi connectivity index (χ3n) is 0. The van der Waals surface area contributed by atoms with E-state index >= 15 is 0 Å². The topological polar surface area (TPSA) is 86.2 Å². The predicted octanol–water partition coefficient (Wildman–Crippen LogP) is -6.20. The van der Waals surface area contributed by atoms with Gasteiger partial charge in [-0.05, 0) is 0 Å². The molecule has 0 aromatic carbocycles. The molecule has 0 rings (SSSR count). The first-order valence-electron chi connectivity index (χ1n) is 0.730. The van der Waals surface area contributed by atoms with Crippen molar-refractivity contribution in [1.29, 1.82) is 0 Å². The van der Waals surface area contributed by atoms with Crippen molar-refractivity contribution in [2.75, 3.05) is 0 Å². The fourth-order valence-corrected chi connectivity index (χ4v) is 0. The molecule has 0 fully saturated rings. The number of hydrogen-bond donors (Lipinski definition) is 0. The van der Waals surface area contributed by atoms with Gasteiger partial charge in [0.25, 0.3) is 0 Å². The molecule has 0 saturated carbocycles. The Morgan fingerprint density at radius 1 is 1.14 bits per heavy atom. The van der Waals surface area contributed by atoms with Crippen molar-refractivity contribution in [3.63, 3.8) is 0 Å². The quantitative estimate of drug-likeness (QED) is 0.316. The van der Waals surface area contributed by atoms with Crippen LogP contribution >= 0.6 is 7.82 Å². The Balaban J connectivity index is -0.0000000800. The first kappa shape index (κ1) is 17.0. The van der Waals surface area contributed by atoms with Crippen LogP contribution in [0.25, 0.3) is 0 Å². The summed E-state index contributed by atoms with van der Waals surface area (Å²) < 4.78 is 8.55. The van der Waals surface area contributed by atoms with Gasteiger partial charge in [-0.1, -0.05) is 0 Å².